The molecule has 1 amide bonds. The average molecular weight is 411 g/mol. The van der Waals surface area contributed by atoms with E-state index in [1.807, 2.05) is 55.4 Å². The van der Waals surface area contributed by atoms with Crippen LogP contribution < -0.4 is 0 Å². The van der Waals surface area contributed by atoms with Crippen LogP contribution in [0.2, 0.25) is 0 Å². The van der Waals surface area contributed by atoms with Crippen molar-refractivity contribution in [1.82, 2.24) is 4.90 Å². The van der Waals surface area contributed by atoms with Gasteiger partial charge in [-0.15, -0.1) is 0 Å². The molecule has 0 aliphatic rings. The van der Waals surface area contributed by atoms with Gasteiger partial charge in [0.15, 0.2) is 10.9 Å². The monoisotopic (exact) mass is 410 g/mol. The van der Waals surface area contributed by atoms with E-state index in [-0.39, 0.29) is 17.1 Å². The number of ether oxygens (including phenoxy) is 1. The van der Waals surface area contributed by atoms with Gasteiger partial charge in [0.25, 0.3) is 5.91 Å². The fourth-order valence-corrected chi connectivity index (χ4v) is 1.86. The van der Waals surface area contributed by atoms with Crippen molar-refractivity contribution in [2.75, 3.05) is 7.05 Å². The molecule has 0 rings (SSSR count). The molecular formula is C23H39ClN2O2. The van der Waals surface area contributed by atoms with Crippen molar-refractivity contribution in [3.8, 4) is 0 Å². The number of hydrogen-bond donors (Lipinski definition) is 0. The van der Waals surface area contributed by atoms with E-state index in [4.69, 9.17) is 16.3 Å². The Bertz CT molecular complexity index is 608. The van der Waals surface area contributed by atoms with Crippen LogP contribution in [0.5, 0.6) is 0 Å². The molecule has 0 unspecified atom stereocenters. The highest BCUT2D eigenvalue weighted by molar-refractivity contribution is 6.69. The third-order valence-electron chi connectivity index (χ3n) is 3.10. The second kappa shape index (κ2) is 18.3. The highest BCUT2D eigenvalue weighted by atomic mass is 35.5. The maximum atomic E-state index is 12.8. The quantitative estimate of drug-likeness (QED) is 0.187. The van der Waals surface area contributed by atoms with Crippen LogP contribution in [0.3, 0.4) is 0 Å². The molecule has 0 atom stereocenters. The first-order chi connectivity index (χ1) is 13.2. The minimum atomic E-state index is -0.159. The Hall–Kier alpha value is -2.07. The van der Waals surface area contributed by atoms with E-state index in [0.717, 1.165) is 5.57 Å². The van der Waals surface area contributed by atoms with Gasteiger partial charge in [-0.25, -0.2) is 4.99 Å². The number of amides is 1. The first-order valence-electron chi connectivity index (χ1n) is 9.67. The fourth-order valence-electron chi connectivity index (χ4n) is 1.64. The summed E-state index contributed by atoms with van der Waals surface area (Å²) in [6.45, 7) is 24.7. The van der Waals surface area contributed by atoms with E-state index >= 15 is 0 Å². The van der Waals surface area contributed by atoms with E-state index in [9.17, 15) is 4.79 Å². The highest BCUT2D eigenvalue weighted by Crippen LogP contribution is 2.20. The molecule has 0 aromatic carbocycles. The van der Waals surface area contributed by atoms with Gasteiger partial charge in [0.1, 0.15) is 5.76 Å². The molecule has 0 N–H and O–H groups in total. The highest BCUT2D eigenvalue weighted by Gasteiger charge is 2.20. The number of carbonyl (C=O) groups excluding carboxylic acids is 1. The molecule has 0 aromatic rings. The lowest BCUT2D eigenvalue weighted by atomic mass is 10.1. The molecule has 0 saturated carbocycles. The van der Waals surface area contributed by atoms with Crippen LogP contribution in [0.25, 0.3) is 0 Å². The zero-order valence-electron chi connectivity index (χ0n) is 19.4. The zero-order chi connectivity index (χ0) is 22.9. The number of aliphatic imine (C=N–C) groups is 1. The topological polar surface area (TPSA) is 41.9 Å². The smallest absolute Gasteiger partial charge is 0.257 e. The predicted octanol–water partition coefficient (Wildman–Crippen LogP) is 7.01. The summed E-state index contributed by atoms with van der Waals surface area (Å²) in [6, 6.07) is 0.0521. The first kappa shape index (κ1) is 30.7. The first-order valence-corrected chi connectivity index (χ1v) is 10.0. The van der Waals surface area contributed by atoms with Crippen molar-refractivity contribution in [1.29, 1.82) is 0 Å². The number of allylic oxidation sites excluding steroid dienone is 4. The van der Waals surface area contributed by atoms with Gasteiger partial charge < -0.3 is 9.64 Å². The Morgan fingerprint density at radius 2 is 1.64 bits per heavy atom. The maximum absolute atomic E-state index is 12.8. The summed E-state index contributed by atoms with van der Waals surface area (Å²) in [5, 5.41) is 0.146. The van der Waals surface area contributed by atoms with Crippen LogP contribution in [0.4, 0.5) is 0 Å². The van der Waals surface area contributed by atoms with Gasteiger partial charge in [0.2, 0.25) is 0 Å². The van der Waals surface area contributed by atoms with Gasteiger partial charge in [-0.2, -0.15) is 0 Å². The van der Waals surface area contributed by atoms with Crippen molar-refractivity contribution < 1.29 is 9.53 Å². The molecule has 0 aromatic heterocycles. The van der Waals surface area contributed by atoms with Crippen molar-refractivity contribution in [2.24, 2.45) is 4.99 Å². The molecule has 0 spiro atoms. The van der Waals surface area contributed by atoms with Gasteiger partial charge >= 0.3 is 0 Å². The second-order valence-electron chi connectivity index (χ2n) is 5.57. The molecule has 0 aliphatic heterocycles. The summed E-state index contributed by atoms with van der Waals surface area (Å²) in [4.78, 5) is 18.3. The molecule has 0 heterocycles. The van der Waals surface area contributed by atoms with E-state index in [2.05, 4.69) is 18.2 Å². The molecular weight excluding hydrogens is 372 g/mol. The Morgan fingerprint density at radius 3 is 1.96 bits per heavy atom. The van der Waals surface area contributed by atoms with E-state index in [0.29, 0.717) is 17.1 Å². The van der Waals surface area contributed by atoms with E-state index < -0.39 is 0 Å². The number of halogens is 1. The van der Waals surface area contributed by atoms with Gasteiger partial charge in [0, 0.05) is 19.3 Å². The standard InChI is InChI=1S/C19H27ClN2O2.2C2H6/c1-9-16(24-17(10-2)18(20)21-11-3)15(12-13(4)5)19(23)22(8)14(6)7;2*1-2/h9-12,14H,1,3H2,2,4-8H3;2*1-2H3/b16-15-,17-10+,21-18?;;. The second-order valence-corrected chi connectivity index (χ2v) is 5.93. The van der Waals surface area contributed by atoms with Crippen LogP contribution >= 0.6 is 11.6 Å². The number of rotatable bonds is 8. The van der Waals surface area contributed by atoms with Crippen LogP contribution in [-0.2, 0) is 9.53 Å². The van der Waals surface area contributed by atoms with Gasteiger partial charge in [0.05, 0.1) is 5.57 Å². The Morgan fingerprint density at radius 1 is 1.14 bits per heavy atom. The zero-order valence-corrected chi connectivity index (χ0v) is 20.1. The summed E-state index contributed by atoms with van der Waals surface area (Å²) >= 11 is 6.07. The van der Waals surface area contributed by atoms with Crippen LogP contribution in [0, 0.1) is 0 Å². The van der Waals surface area contributed by atoms with Gasteiger partial charge in [-0.1, -0.05) is 58.0 Å². The minimum Gasteiger partial charge on any atom is -0.454 e. The lowest BCUT2D eigenvalue weighted by Gasteiger charge is -2.23. The minimum absolute atomic E-state index is 0.0521. The SMILES string of the molecule is C=CN=C(Cl)/C(=C\C)O/C(C=C)=C(/C=C(C)C)C(=O)N(C)C(C)C.CC.CC. The van der Waals surface area contributed by atoms with Gasteiger partial charge in [-0.3, -0.25) is 4.79 Å². The molecule has 28 heavy (non-hydrogen) atoms. The Labute approximate surface area is 178 Å². The molecule has 4 nitrogen and oxygen atoms in total. The number of likely N-dealkylation sites (N-methyl/N-ethyl adjacent to an activating group) is 1. The lowest BCUT2D eigenvalue weighted by molar-refractivity contribution is -0.127. The van der Waals surface area contributed by atoms with Crippen LogP contribution in [0.15, 0.2) is 65.2 Å². The Kier molecular flexibility index (Phi) is 20.0. The molecule has 5 heteroatoms. The van der Waals surface area contributed by atoms with Crippen molar-refractivity contribution in [3.05, 3.63) is 60.3 Å². The predicted molar refractivity (Wildman–Crippen MR) is 126 cm³/mol. The van der Waals surface area contributed by atoms with Gasteiger partial charge in [-0.05, 0) is 52.8 Å². The summed E-state index contributed by atoms with van der Waals surface area (Å²) < 4.78 is 5.80. The summed E-state index contributed by atoms with van der Waals surface area (Å²) in [7, 11) is 1.75. The number of carbonyl (C=O) groups is 1. The fraction of sp³-hybridized carbons (Fsp3) is 0.478. The van der Waals surface area contributed by atoms with Crippen LogP contribution in [-0.4, -0.2) is 29.1 Å². The number of nitrogens with zero attached hydrogens (tertiary/aromatic N) is 2. The molecule has 0 bridgehead atoms. The summed E-state index contributed by atoms with van der Waals surface area (Å²) in [6.07, 6.45) is 6.24. The largest absolute Gasteiger partial charge is 0.454 e. The lowest BCUT2D eigenvalue weighted by Crippen LogP contribution is -2.34. The molecule has 0 aliphatic carbocycles. The average Bonchev–Trinajstić information content (AvgIpc) is 2.69. The normalized spacial score (nSPS) is 11.7. The third-order valence-corrected chi connectivity index (χ3v) is 3.38. The van der Waals surface area contributed by atoms with Crippen molar-refractivity contribution in [2.45, 2.75) is 68.4 Å². The third kappa shape index (κ3) is 11.6. The van der Waals surface area contributed by atoms with E-state index in [1.165, 1.54) is 12.3 Å². The number of hydrogen-bond acceptors (Lipinski definition) is 3. The summed E-state index contributed by atoms with van der Waals surface area (Å²) in [5.41, 5.74) is 1.37. The maximum Gasteiger partial charge on any atom is 0.257 e. The molecule has 0 fully saturated rings. The van der Waals surface area contributed by atoms with Crippen LogP contribution in [0.1, 0.15) is 62.3 Å². The van der Waals surface area contributed by atoms with Crippen molar-refractivity contribution in [3.63, 3.8) is 0 Å². The molecule has 0 radical (unpaired) electrons. The molecule has 160 valence electrons. The summed E-state index contributed by atoms with van der Waals surface area (Å²) in [5.74, 6) is 0.485. The van der Waals surface area contributed by atoms with Crippen molar-refractivity contribution >= 4 is 22.7 Å². The Balaban J connectivity index is -0.00000146. The van der Waals surface area contributed by atoms with E-state index in [1.54, 1.807) is 31.0 Å². The molecule has 0 saturated heterocycles.